The van der Waals surface area contributed by atoms with Crippen molar-refractivity contribution >= 4 is 39.1 Å². The molecule has 0 spiro atoms. The van der Waals surface area contributed by atoms with Gasteiger partial charge in [-0.3, -0.25) is 14.5 Å². The van der Waals surface area contributed by atoms with Crippen LogP contribution in [0.2, 0.25) is 0 Å². The average Bonchev–Trinajstić information content (AvgIpc) is 2.98. The van der Waals surface area contributed by atoms with Crippen LogP contribution in [-0.4, -0.2) is 66.3 Å². The minimum atomic E-state index is 0.0972. The Balaban J connectivity index is 1.77. The lowest BCUT2D eigenvalue weighted by atomic mass is 9.95. The van der Waals surface area contributed by atoms with Gasteiger partial charge in [-0.25, -0.2) is 0 Å². The summed E-state index contributed by atoms with van der Waals surface area (Å²) in [7, 11) is 3.73. The van der Waals surface area contributed by atoms with Crippen molar-refractivity contribution in [3.63, 3.8) is 0 Å². The molecule has 5 nitrogen and oxygen atoms in total. The van der Waals surface area contributed by atoms with Crippen LogP contribution in [0.25, 0.3) is 0 Å². The molecule has 0 atom stereocenters. The fourth-order valence-corrected chi connectivity index (χ4v) is 4.45. The summed E-state index contributed by atoms with van der Waals surface area (Å²) in [5.41, 5.74) is 0. The van der Waals surface area contributed by atoms with Crippen LogP contribution in [0.15, 0.2) is 15.9 Å². The van der Waals surface area contributed by atoms with Crippen molar-refractivity contribution in [2.75, 3.05) is 33.7 Å². The first kappa shape index (κ1) is 20.4. The van der Waals surface area contributed by atoms with Crippen LogP contribution in [0.4, 0.5) is 0 Å². The van der Waals surface area contributed by atoms with E-state index in [1.54, 1.807) is 16.2 Å². The number of likely N-dealkylation sites (N-methyl/N-ethyl adjacent to an activating group) is 1. The van der Waals surface area contributed by atoms with E-state index >= 15 is 0 Å². The van der Waals surface area contributed by atoms with Gasteiger partial charge in [0.15, 0.2) is 0 Å². The first-order chi connectivity index (χ1) is 11.8. The second kappa shape index (κ2) is 9.14. The predicted molar refractivity (Wildman–Crippen MR) is 106 cm³/mol. The molecule has 0 N–H and O–H groups in total. The third-order valence-corrected chi connectivity index (χ3v) is 6.54. The molecule has 1 fully saturated rings. The molecule has 0 aliphatic carbocycles. The van der Waals surface area contributed by atoms with Gasteiger partial charge in [0.2, 0.25) is 11.8 Å². The van der Waals surface area contributed by atoms with Gasteiger partial charge in [0, 0.05) is 40.8 Å². The summed E-state index contributed by atoms with van der Waals surface area (Å²) in [5.74, 6) is 0.468. The second-order valence-corrected chi connectivity index (χ2v) is 8.99. The van der Waals surface area contributed by atoms with E-state index in [0.717, 1.165) is 30.4 Å². The number of piperidine rings is 1. The van der Waals surface area contributed by atoms with Crippen molar-refractivity contribution in [3.05, 3.63) is 20.8 Å². The molecule has 0 saturated carbocycles. The fourth-order valence-electron chi connectivity index (χ4n) is 2.95. The molecule has 1 aromatic heterocycles. The molecule has 0 bridgehead atoms. The summed E-state index contributed by atoms with van der Waals surface area (Å²) >= 11 is 5.10. The summed E-state index contributed by atoms with van der Waals surface area (Å²) in [4.78, 5) is 31.8. The van der Waals surface area contributed by atoms with Gasteiger partial charge in [-0.2, -0.15) is 0 Å². The van der Waals surface area contributed by atoms with Crippen molar-refractivity contribution in [3.8, 4) is 0 Å². The van der Waals surface area contributed by atoms with Crippen molar-refractivity contribution in [1.82, 2.24) is 14.7 Å². The maximum Gasteiger partial charge on any atom is 0.236 e. The highest BCUT2D eigenvalue weighted by atomic mass is 79.9. The van der Waals surface area contributed by atoms with Gasteiger partial charge in [0.05, 0.1) is 13.1 Å². The van der Waals surface area contributed by atoms with E-state index in [1.807, 2.05) is 38.2 Å². The molecule has 2 rings (SSSR count). The maximum absolute atomic E-state index is 12.4. The average molecular weight is 430 g/mol. The number of amides is 2. The van der Waals surface area contributed by atoms with Gasteiger partial charge >= 0.3 is 0 Å². The first-order valence-electron chi connectivity index (χ1n) is 8.73. The molecule has 0 aromatic carbocycles. The first-order valence-corrected chi connectivity index (χ1v) is 10.4. The Morgan fingerprint density at radius 2 is 1.96 bits per heavy atom. The number of carbonyl (C=O) groups is 2. The number of thiophene rings is 1. The largest absolute Gasteiger partial charge is 0.343 e. The monoisotopic (exact) mass is 429 g/mol. The van der Waals surface area contributed by atoms with Crippen LogP contribution >= 0.6 is 27.3 Å². The van der Waals surface area contributed by atoms with Gasteiger partial charge in [-0.15, -0.1) is 11.3 Å². The second-order valence-electron chi connectivity index (χ2n) is 7.07. The smallest absolute Gasteiger partial charge is 0.236 e. The Bertz CT molecular complexity index is 597. The highest BCUT2D eigenvalue weighted by Crippen LogP contribution is 2.22. The lowest BCUT2D eigenvalue weighted by Gasteiger charge is -2.34. The molecule has 25 heavy (non-hydrogen) atoms. The van der Waals surface area contributed by atoms with E-state index in [1.165, 1.54) is 4.88 Å². The molecule has 140 valence electrons. The van der Waals surface area contributed by atoms with Crippen molar-refractivity contribution in [1.29, 1.82) is 0 Å². The number of nitrogens with zero attached hydrogens (tertiary/aromatic N) is 3. The number of halogens is 1. The number of hydrogen-bond acceptors (Lipinski definition) is 4. The molecule has 0 unspecified atom stereocenters. The highest BCUT2D eigenvalue weighted by Gasteiger charge is 2.29. The Labute approximate surface area is 163 Å². The SMILES string of the molecule is CC(C)N(C)C(=O)C1CCN(CC(=O)N(C)Cc2cc(Br)cs2)CC1. The standard InChI is InChI=1S/C18H28BrN3O2S/c1-13(2)21(4)18(24)14-5-7-22(8-6-14)11-17(23)20(3)10-16-9-15(19)12-25-16/h9,12-14H,5-8,10-11H2,1-4H3. The van der Waals surface area contributed by atoms with E-state index in [2.05, 4.69) is 26.9 Å². The van der Waals surface area contributed by atoms with E-state index < -0.39 is 0 Å². The van der Waals surface area contributed by atoms with Gasteiger partial charge in [0.25, 0.3) is 0 Å². The van der Waals surface area contributed by atoms with Crippen LogP contribution in [0.3, 0.4) is 0 Å². The summed E-state index contributed by atoms with van der Waals surface area (Å²) in [6, 6.07) is 2.29. The molecule has 1 saturated heterocycles. The normalized spacial score (nSPS) is 16.2. The zero-order valence-corrected chi connectivity index (χ0v) is 17.9. The number of rotatable bonds is 6. The maximum atomic E-state index is 12.4. The molecular formula is C18H28BrN3O2S. The Kier molecular flexibility index (Phi) is 7.46. The molecule has 7 heteroatoms. The third kappa shape index (κ3) is 5.79. The van der Waals surface area contributed by atoms with Crippen molar-refractivity contribution in [2.45, 2.75) is 39.3 Å². The molecule has 2 heterocycles. The summed E-state index contributed by atoms with van der Waals surface area (Å²) in [5, 5.41) is 2.03. The van der Waals surface area contributed by atoms with Crippen LogP contribution in [0, 0.1) is 5.92 Å². The molecule has 0 radical (unpaired) electrons. The van der Waals surface area contributed by atoms with Crippen molar-refractivity contribution < 1.29 is 9.59 Å². The molecule has 2 amide bonds. The molecule has 1 aromatic rings. The minimum Gasteiger partial charge on any atom is -0.343 e. The van der Waals surface area contributed by atoms with Gasteiger partial charge in [-0.05, 0) is 61.8 Å². The number of hydrogen-bond donors (Lipinski definition) is 0. The van der Waals surface area contributed by atoms with Gasteiger partial charge in [0.1, 0.15) is 0 Å². The van der Waals surface area contributed by atoms with Crippen LogP contribution < -0.4 is 0 Å². The summed E-state index contributed by atoms with van der Waals surface area (Å²) in [6.07, 6.45) is 1.68. The van der Waals surface area contributed by atoms with Crippen molar-refractivity contribution in [2.24, 2.45) is 5.92 Å². The highest BCUT2D eigenvalue weighted by molar-refractivity contribution is 9.10. The summed E-state index contributed by atoms with van der Waals surface area (Å²) < 4.78 is 1.06. The number of carbonyl (C=O) groups excluding carboxylic acids is 2. The Morgan fingerprint density at radius 1 is 1.32 bits per heavy atom. The lowest BCUT2D eigenvalue weighted by Crippen LogP contribution is -2.46. The quantitative estimate of drug-likeness (QED) is 0.697. The van der Waals surface area contributed by atoms with E-state index in [0.29, 0.717) is 13.1 Å². The molecular weight excluding hydrogens is 402 g/mol. The van der Waals surface area contributed by atoms with Crippen LogP contribution in [0.5, 0.6) is 0 Å². The van der Waals surface area contributed by atoms with E-state index in [4.69, 9.17) is 0 Å². The molecule has 1 aliphatic heterocycles. The van der Waals surface area contributed by atoms with Gasteiger partial charge in [-0.1, -0.05) is 0 Å². The fraction of sp³-hybridized carbons (Fsp3) is 0.667. The van der Waals surface area contributed by atoms with E-state index in [-0.39, 0.29) is 23.8 Å². The molecule has 1 aliphatic rings. The minimum absolute atomic E-state index is 0.0972. The zero-order chi connectivity index (χ0) is 18.6. The zero-order valence-electron chi connectivity index (χ0n) is 15.5. The van der Waals surface area contributed by atoms with E-state index in [9.17, 15) is 9.59 Å². The van der Waals surface area contributed by atoms with Crippen LogP contribution in [-0.2, 0) is 16.1 Å². The predicted octanol–water partition coefficient (Wildman–Crippen LogP) is 3.05. The number of likely N-dealkylation sites (tertiary alicyclic amines) is 1. The Hall–Kier alpha value is -0.920. The van der Waals surface area contributed by atoms with Gasteiger partial charge < -0.3 is 9.80 Å². The summed E-state index contributed by atoms with van der Waals surface area (Å²) in [6.45, 7) is 6.77. The van der Waals surface area contributed by atoms with Crippen LogP contribution in [0.1, 0.15) is 31.6 Å². The Morgan fingerprint density at radius 3 is 2.48 bits per heavy atom. The lowest BCUT2D eigenvalue weighted by molar-refractivity contribution is -0.137. The third-order valence-electron chi connectivity index (χ3n) is 4.86. The topological polar surface area (TPSA) is 43.9 Å².